The van der Waals surface area contributed by atoms with Gasteiger partial charge in [0.2, 0.25) is 0 Å². The lowest BCUT2D eigenvalue weighted by Crippen LogP contribution is -1.92. The van der Waals surface area contributed by atoms with Crippen LogP contribution in [-0.4, -0.2) is 138 Å². The summed E-state index contributed by atoms with van der Waals surface area (Å²) in [5.74, 6) is -3.83. The SMILES string of the molecule is C=C(C)C(=O)O.C=C(C)C(=O)O.C=CC(=O)O.C=CC(=O)O.OCCCCO.OCCCCO.OCCCCO.OCCCCO. The van der Waals surface area contributed by atoms with Gasteiger partial charge in [0.25, 0.3) is 0 Å². The fourth-order valence-corrected chi connectivity index (χ4v) is 0.894. The molecule has 16 heteroatoms. The van der Waals surface area contributed by atoms with Crippen LogP contribution in [0.3, 0.4) is 0 Å². The Morgan fingerprint density at radius 3 is 0.522 bits per heavy atom. The summed E-state index contributed by atoms with van der Waals surface area (Å²) in [5.41, 5.74) is 0.352. The van der Waals surface area contributed by atoms with Crippen molar-refractivity contribution in [3.8, 4) is 0 Å². The average molecular weight is 677 g/mol. The Morgan fingerprint density at radius 1 is 0.413 bits per heavy atom. The predicted octanol–water partition coefficient (Wildman–Crippen LogP) is 0.813. The Bertz CT molecular complexity index is 580. The van der Waals surface area contributed by atoms with Crippen molar-refractivity contribution in [1.82, 2.24) is 0 Å². The highest BCUT2D eigenvalue weighted by Gasteiger charge is 1.90. The van der Waals surface area contributed by atoms with Crippen LogP contribution in [0.2, 0.25) is 0 Å². The van der Waals surface area contributed by atoms with Gasteiger partial charge < -0.3 is 61.3 Å². The van der Waals surface area contributed by atoms with Gasteiger partial charge in [-0.15, -0.1) is 0 Å². The van der Waals surface area contributed by atoms with Gasteiger partial charge in [-0.3, -0.25) is 0 Å². The van der Waals surface area contributed by atoms with Crippen LogP contribution >= 0.6 is 0 Å². The Labute approximate surface area is 272 Å². The minimum atomic E-state index is -0.981. The molecule has 0 aliphatic rings. The normalized spacial score (nSPS) is 8.04. The van der Waals surface area contributed by atoms with Crippen molar-refractivity contribution in [1.29, 1.82) is 0 Å². The number of hydrogen-bond acceptors (Lipinski definition) is 12. The van der Waals surface area contributed by atoms with Crippen LogP contribution < -0.4 is 0 Å². The zero-order valence-corrected chi connectivity index (χ0v) is 27.3. The minimum absolute atomic E-state index is 0.176. The van der Waals surface area contributed by atoms with E-state index in [1.54, 1.807) is 0 Å². The minimum Gasteiger partial charge on any atom is -0.478 e. The molecule has 0 aliphatic heterocycles. The molecule has 0 radical (unpaired) electrons. The van der Waals surface area contributed by atoms with Crippen LogP contribution in [0.15, 0.2) is 49.6 Å². The first-order valence-corrected chi connectivity index (χ1v) is 13.8. The maximum atomic E-state index is 9.60. The third-order valence-corrected chi connectivity index (χ3v) is 3.34. The topological polar surface area (TPSA) is 311 Å². The van der Waals surface area contributed by atoms with Crippen molar-refractivity contribution in [3.05, 3.63) is 49.6 Å². The Kier molecular flexibility index (Phi) is 86.2. The van der Waals surface area contributed by atoms with Gasteiger partial charge in [-0.05, 0) is 65.2 Å². The molecule has 0 spiro atoms. The predicted molar refractivity (Wildman–Crippen MR) is 174 cm³/mol. The lowest BCUT2D eigenvalue weighted by Gasteiger charge is -1.85. The summed E-state index contributed by atoms with van der Waals surface area (Å²) >= 11 is 0. The number of aliphatic hydroxyl groups is 8. The highest BCUT2D eigenvalue weighted by Crippen LogP contribution is 1.83. The first-order valence-electron chi connectivity index (χ1n) is 13.8. The molecule has 0 bridgehead atoms. The van der Waals surface area contributed by atoms with Crippen molar-refractivity contribution >= 4 is 23.9 Å². The van der Waals surface area contributed by atoms with Crippen LogP contribution in [0.4, 0.5) is 0 Å². The molecule has 16 nitrogen and oxygen atoms in total. The van der Waals surface area contributed by atoms with E-state index in [4.69, 9.17) is 61.3 Å². The molecule has 12 N–H and O–H groups in total. The second kappa shape index (κ2) is 64.5. The number of rotatable bonds is 16. The molecular weight excluding hydrogens is 616 g/mol. The van der Waals surface area contributed by atoms with E-state index >= 15 is 0 Å². The van der Waals surface area contributed by atoms with Gasteiger partial charge in [-0.2, -0.15) is 0 Å². The molecule has 0 heterocycles. The summed E-state index contributed by atoms with van der Waals surface area (Å²) in [5, 5.41) is 95.7. The molecule has 0 atom stereocenters. The van der Waals surface area contributed by atoms with Gasteiger partial charge in [-0.25, -0.2) is 19.2 Å². The van der Waals surface area contributed by atoms with Gasteiger partial charge in [-0.1, -0.05) is 26.3 Å². The molecule has 0 aromatic heterocycles. The van der Waals surface area contributed by atoms with Crippen LogP contribution in [0.1, 0.15) is 65.2 Å². The molecule has 0 rings (SSSR count). The molecule has 0 aromatic rings. The zero-order chi connectivity index (χ0) is 38.2. The number of carboxylic acid groups (broad SMARTS) is 4. The van der Waals surface area contributed by atoms with Gasteiger partial charge in [0.15, 0.2) is 0 Å². The van der Waals surface area contributed by atoms with E-state index in [-0.39, 0.29) is 64.0 Å². The van der Waals surface area contributed by atoms with Crippen LogP contribution in [0.25, 0.3) is 0 Å². The summed E-state index contributed by atoms with van der Waals surface area (Å²) in [6.07, 6.45) is 7.42. The molecule has 276 valence electrons. The lowest BCUT2D eigenvalue weighted by atomic mass is 10.3. The van der Waals surface area contributed by atoms with E-state index in [1.165, 1.54) is 13.8 Å². The van der Waals surface area contributed by atoms with Crippen LogP contribution in [-0.2, 0) is 19.2 Å². The Hall–Kier alpha value is -3.48. The summed E-state index contributed by atoms with van der Waals surface area (Å²) in [4.78, 5) is 37.7. The summed E-state index contributed by atoms with van der Waals surface area (Å²) in [6, 6.07) is 0. The highest BCUT2D eigenvalue weighted by atomic mass is 16.4. The number of carbonyl (C=O) groups is 4. The summed E-state index contributed by atoms with van der Waals surface area (Å²) in [7, 11) is 0. The lowest BCUT2D eigenvalue weighted by molar-refractivity contribution is -0.133. The third-order valence-electron chi connectivity index (χ3n) is 3.34. The number of aliphatic hydroxyl groups excluding tert-OH is 8. The summed E-state index contributed by atoms with van der Waals surface area (Å²) in [6.45, 7) is 16.7. The number of hydrogen-bond donors (Lipinski definition) is 12. The number of unbranched alkanes of at least 4 members (excludes halogenated alkanes) is 4. The first-order chi connectivity index (χ1) is 21.5. The largest absolute Gasteiger partial charge is 0.478 e. The van der Waals surface area contributed by atoms with Crippen molar-refractivity contribution in [2.75, 3.05) is 52.9 Å². The molecule has 46 heavy (non-hydrogen) atoms. The Balaban J connectivity index is -0.0000000599. The van der Waals surface area contributed by atoms with Gasteiger partial charge in [0.1, 0.15) is 0 Å². The van der Waals surface area contributed by atoms with E-state index in [1.807, 2.05) is 0 Å². The van der Waals surface area contributed by atoms with E-state index in [0.29, 0.717) is 0 Å². The second-order valence-electron chi connectivity index (χ2n) is 7.87. The fraction of sp³-hybridized carbons (Fsp3) is 0.600. The standard InChI is InChI=1S/2C4H6O2.4C4H10O2.2C3H4O2/c2*1-3(2)4(5)6;4*5-3-1-2-4-6;2*1-2-3(4)5/h2*1H2,2H3,(H,5,6);4*5-6H,1-4H2;2*2H,1H2,(H,4,5). The zero-order valence-electron chi connectivity index (χ0n) is 27.3. The number of carboxylic acids is 4. The quantitative estimate of drug-likeness (QED) is 0.0795. The molecular formula is C30H60O16. The van der Waals surface area contributed by atoms with E-state index in [9.17, 15) is 19.2 Å². The molecule has 0 unspecified atom stereocenters. The fourth-order valence-electron chi connectivity index (χ4n) is 0.894. The van der Waals surface area contributed by atoms with Crippen molar-refractivity contribution < 1.29 is 80.5 Å². The van der Waals surface area contributed by atoms with Crippen molar-refractivity contribution in [3.63, 3.8) is 0 Å². The maximum absolute atomic E-state index is 9.60. The van der Waals surface area contributed by atoms with Gasteiger partial charge in [0, 0.05) is 76.2 Å². The second-order valence-corrected chi connectivity index (χ2v) is 7.87. The molecule has 0 aromatic carbocycles. The van der Waals surface area contributed by atoms with Gasteiger partial charge >= 0.3 is 23.9 Å². The monoisotopic (exact) mass is 676 g/mol. The van der Waals surface area contributed by atoms with Crippen LogP contribution in [0, 0.1) is 0 Å². The molecule has 0 saturated heterocycles. The molecule has 0 aliphatic carbocycles. The number of aliphatic carboxylic acids is 4. The molecule has 0 saturated carbocycles. The smallest absolute Gasteiger partial charge is 0.330 e. The van der Waals surface area contributed by atoms with E-state index < -0.39 is 23.9 Å². The first kappa shape index (κ1) is 61.5. The van der Waals surface area contributed by atoms with Crippen molar-refractivity contribution in [2.24, 2.45) is 0 Å². The van der Waals surface area contributed by atoms with E-state index in [0.717, 1.165) is 63.5 Å². The van der Waals surface area contributed by atoms with Crippen molar-refractivity contribution in [2.45, 2.75) is 65.2 Å². The molecule has 0 fully saturated rings. The average Bonchev–Trinajstić information content (AvgIpc) is 3.02. The molecule has 0 amide bonds. The maximum Gasteiger partial charge on any atom is 0.330 e. The van der Waals surface area contributed by atoms with Crippen LogP contribution in [0.5, 0.6) is 0 Å². The van der Waals surface area contributed by atoms with E-state index in [2.05, 4.69) is 26.3 Å². The highest BCUT2D eigenvalue weighted by molar-refractivity contribution is 5.85. The Morgan fingerprint density at radius 2 is 0.500 bits per heavy atom. The van der Waals surface area contributed by atoms with Gasteiger partial charge in [0.05, 0.1) is 0 Å². The third kappa shape index (κ3) is 150. The summed E-state index contributed by atoms with van der Waals surface area (Å²) < 4.78 is 0.